The van der Waals surface area contributed by atoms with Crippen molar-refractivity contribution in [3.8, 4) is 0 Å². The fourth-order valence-electron chi connectivity index (χ4n) is 2.86. The van der Waals surface area contributed by atoms with Crippen LogP contribution in [0.4, 0.5) is 21.5 Å². The normalized spacial score (nSPS) is 11.4. The highest BCUT2D eigenvalue weighted by Crippen LogP contribution is 2.25. The Hall–Kier alpha value is -3.67. The second kappa shape index (κ2) is 9.01. The number of carbonyl (C=O) groups is 2. The predicted octanol–water partition coefficient (Wildman–Crippen LogP) is 4.88. The van der Waals surface area contributed by atoms with Crippen LogP contribution in [0, 0.1) is 12.7 Å². The maximum absolute atomic E-state index is 13.9. The average molecular weight is 391 g/mol. The molecule has 148 valence electrons. The molecule has 0 fully saturated rings. The number of carbonyl (C=O) groups excluding carboxylic acids is 2. The minimum atomic E-state index is -0.715. The summed E-state index contributed by atoms with van der Waals surface area (Å²) in [6.45, 7) is 3.28. The number of hydrogen-bond acceptors (Lipinski definition) is 3. The lowest BCUT2D eigenvalue weighted by atomic mass is 10.1. The van der Waals surface area contributed by atoms with Crippen molar-refractivity contribution in [1.29, 1.82) is 0 Å². The standard InChI is InChI=1S/C23H22FN3O2/c1-15-8-10-18(11-9-15)27-23(29)22(17-6-4-3-5-7-17)26-19-12-13-20(24)21(14-19)25-16(2)28/h3-14,22,26H,1-2H3,(H,25,28)(H,27,29). The Bertz CT molecular complexity index is 1000. The van der Waals surface area contributed by atoms with Crippen molar-refractivity contribution in [2.45, 2.75) is 19.9 Å². The third kappa shape index (κ3) is 5.42. The summed E-state index contributed by atoms with van der Waals surface area (Å²) in [5.41, 5.74) is 3.08. The summed E-state index contributed by atoms with van der Waals surface area (Å²) in [5, 5.41) is 8.48. The van der Waals surface area contributed by atoms with Crippen molar-refractivity contribution in [2.24, 2.45) is 0 Å². The van der Waals surface area contributed by atoms with Crippen LogP contribution in [0.15, 0.2) is 72.8 Å². The molecule has 0 saturated carbocycles. The quantitative estimate of drug-likeness (QED) is 0.561. The van der Waals surface area contributed by atoms with Crippen molar-refractivity contribution in [1.82, 2.24) is 0 Å². The van der Waals surface area contributed by atoms with Gasteiger partial charge >= 0.3 is 0 Å². The van der Waals surface area contributed by atoms with E-state index in [1.54, 1.807) is 0 Å². The van der Waals surface area contributed by atoms with Gasteiger partial charge in [-0.2, -0.15) is 0 Å². The van der Waals surface area contributed by atoms with Gasteiger partial charge in [-0.15, -0.1) is 0 Å². The Morgan fingerprint density at radius 1 is 0.862 bits per heavy atom. The van der Waals surface area contributed by atoms with E-state index in [2.05, 4.69) is 16.0 Å². The Morgan fingerprint density at radius 3 is 2.17 bits per heavy atom. The third-order valence-corrected chi connectivity index (χ3v) is 4.30. The van der Waals surface area contributed by atoms with Gasteiger partial charge in [0.25, 0.3) is 5.91 Å². The Labute approximate surface area is 169 Å². The lowest BCUT2D eigenvalue weighted by Crippen LogP contribution is -2.27. The molecule has 0 bridgehead atoms. The van der Waals surface area contributed by atoms with Crippen LogP contribution in [-0.2, 0) is 9.59 Å². The summed E-state index contributed by atoms with van der Waals surface area (Å²) in [7, 11) is 0. The van der Waals surface area contributed by atoms with E-state index >= 15 is 0 Å². The maximum Gasteiger partial charge on any atom is 0.251 e. The fraction of sp³-hybridized carbons (Fsp3) is 0.130. The molecule has 2 amide bonds. The molecule has 0 aliphatic carbocycles. The van der Waals surface area contributed by atoms with Gasteiger partial charge in [0, 0.05) is 18.3 Å². The SMILES string of the molecule is CC(=O)Nc1cc(NC(C(=O)Nc2ccc(C)cc2)c2ccccc2)ccc1F. The molecule has 6 heteroatoms. The molecule has 1 atom stereocenters. The second-order valence-corrected chi connectivity index (χ2v) is 6.72. The summed E-state index contributed by atoms with van der Waals surface area (Å²) < 4.78 is 13.9. The van der Waals surface area contributed by atoms with Gasteiger partial charge in [-0.05, 0) is 42.8 Å². The van der Waals surface area contributed by atoms with Crippen molar-refractivity contribution in [3.63, 3.8) is 0 Å². The number of nitrogens with one attached hydrogen (secondary N) is 3. The molecule has 1 unspecified atom stereocenters. The predicted molar refractivity (Wildman–Crippen MR) is 113 cm³/mol. The van der Waals surface area contributed by atoms with Crippen LogP contribution >= 0.6 is 0 Å². The van der Waals surface area contributed by atoms with Gasteiger partial charge in [0.2, 0.25) is 5.91 Å². The first-order valence-corrected chi connectivity index (χ1v) is 9.18. The number of aryl methyl sites for hydroxylation is 1. The molecular formula is C23H22FN3O2. The molecule has 3 aromatic rings. The summed E-state index contributed by atoms with van der Waals surface area (Å²) in [6, 6.07) is 20.3. The van der Waals surface area contributed by atoms with Gasteiger partial charge in [0.05, 0.1) is 5.69 Å². The first-order valence-electron chi connectivity index (χ1n) is 9.18. The lowest BCUT2D eigenvalue weighted by molar-refractivity contribution is -0.117. The van der Waals surface area contributed by atoms with Gasteiger partial charge in [0.15, 0.2) is 0 Å². The van der Waals surface area contributed by atoms with E-state index in [4.69, 9.17) is 0 Å². The molecule has 0 aliphatic heterocycles. The molecular weight excluding hydrogens is 369 g/mol. The van der Waals surface area contributed by atoms with Gasteiger partial charge in [-0.1, -0.05) is 48.0 Å². The van der Waals surface area contributed by atoms with Crippen LogP contribution in [0.3, 0.4) is 0 Å². The Morgan fingerprint density at radius 2 is 1.52 bits per heavy atom. The molecule has 0 spiro atoms. The minimum absolute atomic E-state index is 0.0493. The monoisotopic (exact) mass is 391 g/mol. The minimum Gasteiger partial charge on any atom is -0.370 e. The van der Waals surface area contributed by atoms with Crippen molar-refractivity contribution in [3.05, 3.63) is 89.7 Å². The zero-order valence-electron chi connectivity index (χ0n) is 16.2. The molecule has 5 nitrogen and oxygen atoms in total. The van der Waals surface area contributed by atoms with Crippen LogP contribution in [0.1, 0.15) is 24.1 Å². The number of anilines is 3. The summed E-state index contributed by atoms with van der Waals surface area (Å²) in [6.07, 6.45) is 0. The van der Waals surface area contributed by atoms with Crippen molar-refractivity contribution in [2.75, 3.05) is 16.0 Å². The number of benzene rings is 3. The van der Waals surface area contributed by atoms with Crippen molar-refractivity contribution >= 4 is 28.9 Å². The first kappa shape index (κ1) is 20.1. The van der Waals surface area contributed by atoms with Gasteiger partial charge < -0.3 is 16.0 Å². The van der Waals surface area contributed by atoms with Crippen molar-refractivity contribution < 1.29 is 14.0 Å². The fourth-order valence-corrected chi connectivity index (χ4v) is 2.86. The number of hydrogen-bond donors (Lipinski definition) is 3. The molecule has 0 heterocycles. The van der Waals surface area contributed by atoms with E-state index in [1.807, 2.05) is 61.5 Å². The van der Waals surface area contributed by atoms with E-state index in [9.17, 15) is 14.0 Å². The molecule has 0 aromatic heterocycles. The molecule has 0 saturated heterocycles. The molecule has 0 radical (unpaired) electrons. The summed E-state index contributed by atoms with van der Waals surface area (Å²) in [5.74, 6) is -1.19. The highest BCUT2D eigenvalue weighted by Gasteiger charge is 2.21. The Balaban J connectivity index is 1.87. The third-order valence-electron chi connectivity index (χ3n) is 4.30. The molecule has 0 aliphatic rings. The average Bonchev–Trinajstić information content (AvgIpc) is 2.70. The van der Waals surface area contributed by atoms with Crippen LogP contribution in [-0.4, -0.2) is 11.8 Å². The van der Waals surface area contributed by atoms with E-state index in [0.29, 0.717) is 11.4 Å². The summed E-state index contributed by atoms with van der Waals surface area (Å²) >= 11 is 0. The van der Waals surface area contributed by atoms with Crippen LogP contribution in [0.25, 0.3) is 0 Å². The van der Waals surface area contributed by atoms with E-state index in [-0.39, 0.29) is 17.5 Å². The van der Waals surface area contributed by atoms with Gasteiger partial charge in [-0.25, -0.2) is 4.39 Å². The number of halogens is 1. The van der Waals surface area contributed by atoms with E-state index < -0.39 is 11.9 Å². The zero-order valence-corrected chi connectivity index (χ0v) is 16.2. The van der Waals surface area contributed by atoms with Crippen LogP contribution < -0.4 is 16.0 Å². The number of rotatable bonds is 6. The number of amides is 2. The van der Waals surface area contributed by atoms with Crippen LogP contribution in [0.2, 0.25) is 0 Å². The zero-order chi connectivity index (χ0) is 20.8. The van der Waals surface area contributed by atoms with E-state index in [0.717, 1.165) is 11.1 Å². The molecule has 3 rings (SSSR count). The van der Waals surface area contributed by atoms with E-state index in [1.165, 1.54) is 25.1 Å². The van der Waals surface area contributed by atoms with Crippen LogP contribution in [0.5, 0.6) is 0 Å². The Kier molecular flexibility index (Phi) is 6.24. The topological polar surface area (TPSA) is 70.2 Å². The lowest BCUT2D eigenvalue weighted by Gasteiger charge is -2.21. The van der Waals surface area contributed by atoms with Gasteiger partial charge in [-0.3, -0.25) is 9.59 Å². The smallest absolute Gasteiger partial charge is 0.251 e. The maximum atomic E-state index is 13.9. The molecule has 29 heavy (non-hydrogen) atoms. The second-order valence-electron chi connectivity index (χ2n) is 6.72. The molecule has 3 aromatic carbocycles. The summed E-state index contributed by atoms with van der Waals surface area (Å²) in [4.78, 5) is 24.3. The van der Waals surface area contributed by atoms with Gasteiger partial charge in [0.1, 0.15) is 11.9 Å². The molecule has 3 N–H and O–H groups in total. The largest absolute Gasteiger partial charge is 0.370 e. The first-order chi connectivity index (χ1) is 13.9. The highest BCUT2D eigenvalue weighted by molar-refractivity contribution is 5.97. The highest BCUT2D eigenvalue weighted by atomic mass is 19.1.